The molecular weight excluding hydrogens is 368 g/mol. The van der Waals surface area contributed by atoms with Crippen molar-refractivity contribution in [3.05, 3.63) is 77.4 Å². The van der Waals surface area contributed by atoms with Crippen LogP contribution < -0.4 is 14.8 Å². The van der Waals surface area contributed by atoms with E-state index in [1.807, 2.05) is 24.4 Å². The Morgan fingerprint density at radius 1 is 0.893 bits per heavy atom. The summed E-state index contributed by atoms with van der Waals surface area (Å²) in [6.07, 6.45) is 1.97. The highest BCUT2D eigenvalue weighted by molar-refractivity contribution is 7.15. The summed E-state index contributed by atoms with van der Waals surface area (Å²) in [7, 11) is 3.30. The van der Waals surface area contributed by atoms with Crippen molar-refractivity contribution in [3.63, 3.8) is 0 Å². The van der Waals surface area contributed by atoms with Crippen molar-refractivity contribution in [2.75, 3.05) is 14.2 Å². The van der Waals surface area contributed by atoms with Gasteiger partial charge in [0.25, 0.3) is 0 Å². The molecule has 0 aliphatic carbocycles. The van der Waals surface area contributed by atoms with Crippen LogP contribution in [0, 0.1) is 0 Å². The Hall–Kier alpha value is -2.89. The highest BCUT2D eigenvalue weighted by atomic mass is 32.1. The monoisotopic (exact) mass is 390 g/mol. The predicted molar refractivity (Wildman–Crippen MR) is 115 cm³/mol. The molecule has 1 aromatic heterocycles. The van der Waals surface area contributed by atoms with Gasteiger partial charge in [0.2, 0.25) is 0 Å². The van der Waals surface area contributed by atoms with Gasteiger partial charge < -0.3 is 14.8 Å². The molecule has 5 heteroatoms. The number of thiazole rings is 1. The van der Waals surface area contributed by atoms with E-state index in [-0.39, 0.29) is 0 Å². The number of benzene rings is 3. The van der Waals surface area contributed by atoms with Crippen LogP contribution in [0.5, 0.6) is 11.5 Å². The van der Waals surface area contributed by atoms with Crippen LogP contribution in [0.2, 0.25) is 0 Å². The lowest BCUT2D eigenvalue weighted by Crippen LogP contribution is -2.12. The van der Waals surface area contributed by atoms with Crippen LogP contribution in [-0.2, 0) is 13.1 Å². The first-order valence-electron chi connectivity index (χ1n) is 9.13. The molecule has 28 heavy (non-hydrogen) atoms. The quantitative estimate of drug-likeness (QED) is 0.467. The molecule has 4 nitrogen and oxygen atoms in total. The highest BCUT2D eigenvalue weighted by Crippen LogP contribution is 2.32. The predicted octanol–water partition coefficient (Wildman–Crippen LogP) is 5.27. The minimum atomic E-state index is 0.726. The largest absolute Gasteiger partial charge is 0.493 e. The lowest BCUT2D eigenvalue weighted by atomic mass is 10.0. The van der Waals surface area contributed by atoms with Crippen molar-refractivity contribution in [3.8, 4) is 21.9 Å². The molecule has 4 rings (SSSR count). The van der Waals surface area contributed by atoms with E-state index in [1.54, 1.807) is 25.6 Å². The van der Waals surface area contributed by atoms with Gasteiger partial charge in [0.1, 0.15) is 5.01 Å². The van der Waals surface area contributed by atoms with Gasteiger partial charge in [-0.15, -0.1) is 11.3 Å². The first-order valence-corrected chi connectivity index (χ1v) is 9.94. The van der Waals surface area contributed by atoms with E-state index in [9.17, 15) is 0 Å². The Kier molecular flexibility index (Phi) is 5.55. The Morgan fingerprint density at radius 2 is 1.71 bits per heavy atom. The van der Waals surface area contributed by atoms with Crippen molar-refractivity contribution in [1.29, 1.82) is 0 Å². The van der Waals surface area contributed by atoms with Crippen molar-refractivity contribution in [2.24, 2.45) is 0 Å². The Bertz CT molecular complexity index is 1090. The molecule has 142 valence electrons. The lowest BCUT2D eigenvalue weighted by Gasteiger charge is -2.09. The molecular formula is C23H22N2O2S. The van der Waals surface area contributed by atoms with E-state index in [2.05, 4.69) is 52.8 Å². The van der Waals surface area contributed by atoms with Gasteiger partial charge in [0.05, 0.1) is 19.1 Å². The van der Waals surface area contributed by atoms with Gasteiger partial charge in [0, 0.05) is 24.8 Å². The second kappa shape index (κ2) is 8.42. The highest BCUT2D eigenvalue weighted by Gasteiger charge is 2.08. The zero-order valence-corrected chi connectivity index (χ0v) is 16.8. The van der Waals surface area contributed by atoms with E-state index < -0.39 is 0 Å². The maximum Gasteiger partial charge on any atom is 0.161 e. The van der Waals surface area contributed by atoms with Crippen LogP contribution in [0.15, 0.2) is 66.9 Å². The molecule has 1 heterocycles. The summed E-state index contributed by atoms with van der Waals surface area (Å²) in [5.41, 5.74) is 2.38. The van der Waals surface area contributed by atoms with Gasteiger partial charge in [0.15, 0.2) is 11.5 Å². The molecule has 0 radical (unpaired) electrons. The Morgan fingerprint density at radius 3 is 2.57 bits per heavy atom. The van der Waals surface area contributed by atoms with Gasteiger partial charge >= 0.3 is 0 Å². The van der Waals surface area contributed by atoms with E-state index in [4.69, 9.17) is 9.47 Å². The third kappa shape index (κ3) is 3.86. The zero-order chi connectivity index (χ0) is 19.3. The second-order valence-electron chi connectivity index (χ2n) is 6.44. The minimum absolute atomic E-state index is 0.726. The average Bonchev–Trinajstić information content (AvgIpc) is 3.22. The summed E-state index contributed by atoms with van der Waals surface area (Å²) in [6, 6.07) is 20.8. The summed E-state index contributed by atoms with van der Waals surface area (Å²) >= 11 is 1.73. The van der Waals surface area contributed by atoms with Gasteiger partial charge in [-0.2, -0.15) is 0 Å². The number of nitrogens with zero attached hydrogens (tertiary/aromatic N) is 1. The molecule has 3 aromatic carbocycles. The van der Waals surface area contributed by atoms with Gasteiger partial charge in [-0.05, 0) is 28.5 Å². The summed E-state index contributed by atoms with van der Waals surface area (Å²) in [6.45, 7) is 1.47. The summed E-state index contributed by atoms with van der Waals surface area (Å²) in [5.74, 6) is 1.49. The lowest BCUT2D eigenvalue weighted by molar-refractivity contribution is 0.354. The molecule has 4 aromatic rings. The van der Waals surface area contributed by atoms with Crippen LogP contribution in [-0.4, -0.2) is 19.2 Å². The zero-order valence-electron chi connectivity index (χ0n) is 15.9. The van der Waals surface area contributed by atoms with Crippen LogP contribution in [0.25, 0.3) is 21.2 Å². The minimum Gasteiger partial charge on any atom is -0.493 e. The van der Waals surface area contributed by atoms with Gasteiger partial charge in [-0.3, -0.25) is 0 Å². The standard InChI is InChI=1S/C23H22N2O2S/c1-26-20-11-10-16(12-21(20)27-2)13-24-15-23-25-14-22(28-23)19-9-5-7-17-6-3-4-8-18(17)19/h3-12,14,24H,13,15H2,1-2H3. The van der Waals surface area contributed by atoms with Gasteiger partial charge in [-0.1, -0.05) is 48.5 Å². The molecule has 0 aliphatic heterocycles. The van der Waals surface area contributed by atoms with E-state index in [1.165, 1.54) is 21.2 Å². The molecule has 0 saturated carbocycles. The van der Waals surface area contributed by atoms with E-state index >= 15 is 0 Å². The van der Waals surface area contributed by atoms with E-state index in [0.29, 0.717) is 0 Å². The van der Waals surface area contributed by atoms with Crippen molar-refractivity contribution >= 4 is 22.1 Å². The van der Waals surface area contributed by atoms with Crippen molar-refractivity contribution in [2.45, 2.75) is 13.1 Å². The van der Waals surface area contributed by atoms with Crippen LogP contribution in [0.3, 0.4) is 0 Å². The maximum atomic E-state index is 5.37. The van der Waals surface area contributed by atoms with Gasteiger partial charge in [-0.25, -0.2) is 4.98 Å². The van der Waals surface area contributed by atoms with Crippen LogP contribution >= 0.6 is 11.3 Å². The number of rotatable bonds is 7. The first-order chi connectivity index (χ1) is 13.8. The molecule has 0 bridgehead atoms. The number of hydrogen-bond donors (Lipinski definition) is 1. The third-order valence-corrected chi connectivity index (χ3v) is 5.69. The third-order valence-electron chi connectivity index (χ3n) is 4.66. The average molecular weight is 391 g/mol. The Labute approximate surface area is 168 Å². The molecule has 1 N–H and O–H groups in total. The number of methoxy groups -OCH3 is 2. The summed E-state index contributed by atoms with van der Waals surface area (Å²) in [4.78, 5) is 5.80. The second-order valence-corrected chi connectivity index (χ2v) is 7.55. The smallest absolute Gasteiger partial charge is 0.161 e. The van der Waals surface area contributed by atoms with Crippen LogP contribution in [0.4, 0.5) is 0 Å². The topological polar surface area (TPSA) is 43.4 Å². The Balaban J connectivity index is 1.44. The molecule has 0 atom stereocenters. The fraction of sp³-hybridized carbons (Fsp3) is 0.174. The molecule has 0 fully saturated rings. The summed E-state index contributed by atoms with van der Waals surface area (Å²) < 4.78 is 10.7. The molecule has 0 amide bonds. The normalized spacial score (nSPS) is 10.9. The number of aromatic nitrogens is 1. The number of ether oxygens (including phenoxy) is 2. The summed E-state index contributed by atoms with van der Waals surface area (Å²) in [5, 5.41) is 7.05. The number of fused-ring (bicyclic) bond motifs is 1. The SMILES string of the molecule is COc1ccc(CNCc2ncc(-c3cccc4ccccc34)s2)cc1OC. The molecule has 0 aliphatic rings. The molecule has 0 saturated heterocycles. The van der Waals surface area contributed by atoms with Crippen molar-refractivity contribution in [1.82, 2.24) is 10.3 Å². The van der Waals surface area contributed by atoms with Crippen molar-refractivity contribution < 1.29 is 9.47 Å². The fourth-order valence-electron chi connectivity index (χ4n) is 3.26. The number of hydrogen-bond acceptors (Lipinski definition) is 5. The number of nitrogens with one attached hydrogen (secondary N) is 1. The maximum absolute atomic E-state index is 5.37. The molecule has 0 spiro atoms. The fourth-order valence-corrected chi connectivity index (χ4v) is 4.19. The van der Waals surface area contributed by atoms with Crippen LogP contribution in [0.1, 0.15) is 10.6 Å². The first kappa shape index (κ1) is 18.5. The van der Waals surface area contributed by atoms with E-state index in [0.717, 1.165) is 35.2 Å². The molecule has 0 unspecified atom stereocenters.